The molecule has 0 atom stereocenters. The lowest BCUT2D eigenvalue weighted by Gasteiger charge is -2.12. The van der Waals surface area contributed by atoms with E-state index in [9.17, 15) is 14.8 Å². The van der Waals surface area contributed by atoms with E-state index in [1.165, 1.54) is 4.52 Å². The first kappa shape index (κ1) is 19.9. The third-order valence-corrected chi connectivity index (χ3v) is 5.26. The van der Waals surface area contributed by atoms with E-state index >= 15 is 0 Å². The predicted octanol–water partition coefficient (Wildman–Crippen LogP) is -0.455. The van der Waals surface area contributed by atoms with Gasteiger partial charge < -0.3 is 26.4 Å². The molecule has 0 aliphatic carbocycles. The van der Waals surface area contributed by atoms with Crippen LogP contribution in [0.1, 0.15) is 21.7 Å². The van der Waals surface area contributed by atoms with Crippen LogP contribution in [0.25, 0.3) is 17.0 Å². The summed E-state index contributed by atoms with van der Waals surface area (Å²) >= 11 is 0. The van der Waals surface area contributed by atoms with Crippen LogP contribution in [-0.2, 0) is 13.0 Å². The molecule has 6 N–H and O–H groups in total. The predicted molar refractivity (Wildman–Crippen MR) is 118 cm³/mol. The molecule has 1 aliphatic heterocycles. The average molecular weight is 430 g/mol. The number of aromatic nitrogens is 5. The number of amides is 1. The lowest BCUT2D eigenvalue weighted by Crippen LogP contribution is -2.30. The second-order valence-corrected chi connectivity index (χ2v) is 7.38. The van der Waals surface area contributed by atoms with Gasteiger partial charge in [0.1, 0.15) is 5.69 Å². The van der Waals surface area contributed by atoms with Gasteiger partial charge in [0.05, 0.1) is 16.9 Å². The first-order chi connectivity index (χ1) is 15.5. The zero-order valence-electron chi connectivity index (χ0n) is 16.9. The Morgan fingerprint density at radius 2 is 2.06 bits per heavy atom. The highest BCUT2D eigenvalue weighted by Crippen LogP contribution is 2.31. The first-order valence-electron chi connectivity index (χ1n) is 9.99. The van der Waals surface area contributed by atoms with Gasteiger partial charge in [0.25, 0.3) is 5.91 Å². The minimum Gasteiger partial charge on any atom is -0.423 e. The van der Waals surface area contributed by atoms with Crippen molar-refractivity contribution in [3.63, 3.8) is 0 Å². The molecule has 0 fully saturated rings. The maximum atomic E-state index is 11.7. The minimum absolute atomic E-state index is 0.216. The molecule has 4 heterocycles. The van der Waals surface area contributed by atoms with Crippen molar-refractivity contribution in [3.05, 3.63) is 59.4 Å². The van der Waals surface area contributed by atoms with Crippen molar-refractivity contribution in [2.24, 2.45) is 5.73 Å². The largest absolute Gasteiger partial charge is 0.488 e. The van der Waals surface area contributed by atoms with Gasteiger partial charge in [-0.3, -0.25) is 4.79 Å². The Morgan fingerprint density at radius 3 is 2.88 bits per heavy atom. The summed E-state index contributed by atoms with van der Waals surface area (Å²) in [7, 11) is -1.53. The van der Waals surface area contributed by atoms with E-state index in [-0.39, 0.29) is 5.69 Å². The van der Waals surface area contributed by atoms with E-state index in [0.29, 0.717) is 34.9 Å². The van der Waals surface area contributed by atoms with Gasteiger partial charge in [-0.25, -0.2) is 14.5 Å². The van der Waals surface area contributed by atoms with Crippen molar-refractivity contribution in [1.82, 2.24) is 24.8 Å². The number of benzene rings is 1. The van der Waals surface area contributed by atoms with E-state index in [1.54, 1.807) is 36.4 Å². The molecule has 0 spiro atoms. The number of fused-ring (bicyclic) bond motifs is 2. The standard InChI is InChI=1S/C20H19BN8O3/c22-18(30)15-6-2-5-14-17(27-28-29(14)15)20-25-13-7-8-23-16(13)19(26-20)24-10-11-3-1-4-12(9-11)21(31)32/h1-6,9,23,31-32H,7-8,10H2,(H2,22,30)(H,24,25,26). The molecule has 1 aromatic carbocycles. The van der Waals surface area contributed by atoms with Gasteiger partial charge in [0.15, 0.2) is 17.3 Å². The molecule has 160 valence electrons. The number of nitrogens with one attached hydrogen (secondary N) is 2. The highest BCUT2D eigenvalue weighted by Gasteiger charge is 2.23. The Labute approximate surface area is 182 Å². The number of carbonyl (C=O) groups excluding carboxylic acids is 1. The summed E-state index contributed by atoms with van der Waals surface area (Å²) in [4.78, 5) is 21.0. The topological polar surface area (TPSA) is 164 Å². The normalized spacial score (nSPS) is 12.4. The summed E-state index contributed by atoms with van der Waals surface area (Å²) < 4.78 is 1.38. The SMILES string of the molecule is NC(=O)c1cccc2c(-c3nc4c(c(NCc5cccc(B(O)O)c5)n3)NCC4)nnn12. The van der Waals surface area contributed by atoms with E-state index in [0.717, 1.165) is 29.9 Å². The van der Waals surface area contributed by atoms with Crippen molar-refractivity contribution >= 4 is 35.5 Å². The number of pyridine rings is 1. The third kappa shape index (κ3) is 3.51. The Bertz CT molecular complexity index is 1340. The quantitative estimate of drug-likeness (QED) is 0.255. The summed E-state index contributed by atoms with van der Waals surface area (Å²) in [5.41, 5.74) is 9.62. The van der Waals surface area contributed by atoms with Gasteiger partial charge in [-0.2, -0.15) is 0 Å². The lowest BCUT2D eigenvalue weighted by atomic mass is 9.80. The van der Waals surface area contributed by atoms with E-state index in [1.807, 2.05) is 6.07 Å². The van der Waals surface area contributed by atoms with Crippen LogP contribution in [0.3, 0.4) is 0 Å². The van der Waals surface area contributed by atoms with Crippen molar-refractivity contribution in [2.75, 3.05) is 17.2 Å². The summed E-state index contributed by atoms with van der Waals surface area (Å²) in [6.45, 7) is 1.15. The molecule has 1 amide bonds. The second-order valence-electron chi connectivity index (χ2n) is 7.38. The summed E-state index contributed by atoms with van der Waals surface area (Å²) in [5.74, 6) is 0.375. The number of carbonyl (C=O) groups is 1. The molecule has 0 bridgehead atoms. The van der Waals surface area contributed by atoms with Crippen LogP contribution >= 0.6 is 0 Å². The highest BCUT2D eigenvalue weighted by molar-refractivity contribution is 6.58. The van der Waals surface area contributed by atoms with Gasteiger partial charge >= 0.3 is 7.12 Å². The molecule has 0 radical (unpaired) electrons. The molecule has 1 aliphatic rings. The zero-order chi connectivity index (χ0) is 22.2. The van der Waals surface area contributed by atoms with Crippen LogP contribution < -0.4 is 21.8 Å². The van der Waals surface area contributed by atoms with Gasteiger partial charge in [0, 0.05) is 19.5 Å². The number of rotatable bonds is 6. The summed E-state index contributed by atoms with van der Waals surface area (Å²) in [5, 5.41) is 33.7. The van der Waals surface area contributed by atoms with Crippen LogP contribution in [0.2, 0.25) is 0 Å². The minimum atomic E-state index is -1.53. The molecule has 0 saturated heterocycles. The molecule has 3 aromatic heterocycles. The maximum Gasteiger partial charge on any atom is 0.488 e. The van der Waals surface area contributed by atoms with Gasteiger partial charge in [-0.1, -0.05) is 35.5 Å². The van der Waals surface area contributed by atoms with Crippen LogP contribution in [0, 0.1) is 0 Å². The second kappa shape index (κ2) is 7.91. The number of nitrogens with zero attached hydrogens (tertiary/aromatic N) is 5. The third-order valence-electron chi connectivity index (χ3n) is 5.26. The molecule has 4 aromatic rings. The van der Waals surface area contributed by atoms with E-state index in [2.05, 4.69) is 30.9 Å². The van der Waals surface area contributed by atoms with Gasteiger partial charge in [-0.05, 0) is 23.2 Å². The number of nitrogens with two attached hydrogens (primary N) is 1. The molecule has 0 unspecified atom stereocenters. The van der Waals surface area contributed by atoms with Crippen molar-refractivity contribution in [2.45, 2.75) is 13.0 Å². The fourth-order valence-corrected chi connectivity index (χ4v) is 3.73. The maximum absolute atomic E-state index is 11.7. The van der Waals surface area contributed by atoms with Crippen LogP contribution in [0.4, 0.5) is 11.5 Å². The van der Waals surface area contributed by atoms with Gasteiger partial charge in [0.2, 0.25) is 0 Å². The number of hydrogen-bond donors (Lipinski definition) is 5. The monoisotopic (exact) mass is 430 g/mol. The van der Waals surface area contributed by atoms with Crippen LogP contribution in [-0.4, -0.2) is 54.4 Å². The smallest absolute Gasteiger partial charge is 0.423 e. The first-order valence-corrected chi connectivity index (χ1v) is 9.99. The Balaban J connectivity index is 1.52. The zero-order valence-corrected chi connectivity index (χ0v) is 16.9. The highest BCUT2D eigenvalue weighted by atomic mass is 16.4. The van der Waals surface area contributed by atoms with Crippen LogP contribution in [0.15, 0.2) is 42.5 Å². The Hall–Kier alpha value is -4.03. The molecule has 11 nitrogen and oxygen atoms in total. The summed E-state index contributed by atoms with van der Waals surface area (Å²) in [6.07, 6.45) is 0.734. The molecule has 12 heteroatoms. The molecular weight excluding hydrogens is 411 g/mol. The Morgan fingerprint density at radius 1 is 1.22 bits per heavy atom. The number of primary amides is 1. The fraction of sp³-hybridized carbons (Fsp3) is 0.150. The average Bonchev–Trinajstić information content (AvgIpc) is 3.44. The van der Waals surface area contributed by atoms with Crippen molar-refractivity contribution in [1.29, 1.82) is 0 Å². The number of anilines is 2. The molecule has 0 saturated carbocycles. The molecular formula is C20H19BN8O3. The molecule has 5 rings (SSSR count). The van der Waals surface area contributed by atoms with Crippen molar-refractivity contribution in [3.8, 4) is 11.5 Å². The summed E-state index contributed by atoms with van der Waals surface area (Å²) in [6, 6.07) is 12.1. The molecule has 32 heavy (non-hydrogen) atoms. The Kier molecular flexibility index (Phi) is 4.92. The van der Waals surface area contributed by atoms with E-state index < -0.39 is 13.0 Å². The van der Waals surface area contributed by atoms with Crippen LogP contribution in [0.5, 0.6) is 0 Å². The van der Waals surface area contributed by atoms with Gasteiger partial charge in [-0.15, -0.1) is 5.10 Å². The lowest BCUT2D eigenvalue weighted by molar-refractivity contribution is 0.0993. The van der Waals surface area contributed by atoms with Crippen molar-refractivity contribution < 1.29 is 14.8 Å². The number of hydrogen-bond acceptors (Lipinski definition) is 9. The fourth-order valence-electron chi connectivity index (χ4n) is 3.73. The van der Waals surface area contributed by atoms with E-state index in [4.69, 9.17) is 5.73 Å².